The number of benzene rings is 2. The zero-order valence-corrected chi connectivity index (χ0v) is 13.0. The first-order valence-electron chi connectivity index (χ1n) is 7.09. The highest BCUT2D eigenvalue weighted by Gasteiger charge is 2.30. The second kappa shape index (κ2) is 6.78. The molecule has 2 aromatic carbocycles. The van der Waals surface area contributed by atoms with Gasteiger partial charge in [-0.15, -0.1) is 0 Å². The highest BCUT2D eigenvalue weighted by molar-refractivity contribution is 7.80. The minimum absolute atomic E-state index is 0.293. The highest BCUT2D eigenvalue weighted by atomic mass is 32.1. The first kappa shape index (κ1) is 15.5. The molecule has 1 aliphatic rings. The number of aliphatic hydroxyl groups is 2. The first-order valence-corrected chi connectivity index (χ1v) is 7.50. The van der Waals surface area contributed by atoms with Gasteiger partial charge in [-0.2, -0.15) is 0 Å². The summed E-state index contributed by atoms with van der Waals surface area (Å²) in [5, 5.41) is 26.6. The number of ether oxygens (including phenoxy) is 1. The van der Waals surface area contributed by atoms with Gasteiger partial charge in [0, 0.05) is 23.0 Å². The van der Waals surface area contributed by atoms with Crippen molar-refractivity contribution in [3.8, 4) is 5.75 Å². The highest BCUT2D eigenvalue weighted by Crippen LogP contribution is 2.36. The lowest BCUT2D eigenvalue weighted by Crippen LogP contribution is -2.32. The van der Waals surface area contributed by atoms with Crippen LogP contribution in [0.1, 0.15) is 11.7 Å². The summed E-state index contributed by atoms with van der Waals surface area (Å²) in [4.78, 5) is 0. The van der Waals surface area contributed by atoms with E-state index in [-0.39, 0.29) is 0 Å². The number of rotatable bonds is 2. The maximum absolute atomic E-state index is 10.4. The Morgan fingerprint density at radius 1 is 1.04 bits per heavy atom. The molecular weight excluding hydrogens is 312 g/mol. The molecule has 2 atom stereocenters. The Bertz CT molecular complexity index is 734. The predicted octanol–water partition coefficient (Wildman–Crippen LogP) is 2.30. The molecule has 0 amide bonds. The number of anilines is 1. The topological polar surface area (TPSA) is 73.8 Å². The molecule has 0 bridgehead atoms. The average Bonchev–Trinajstić information content (AvgIpc) is 2.55. The van der Waals surface area contributed by atoms with Crippen molar-refractivity contribution in [2.24, 2.45) is 0 Å². The number of aliphatic hydroxyl groups excluding tert-OH is 2. The fourth-order valence-corrected chi connectivity index (χ4v) is 2.48. The van der Waals surface area contributed by atoms with Crippen molar-refractivity contribution in [1.82, 2.24) is 5.32 Å². The summed E-state index contributed by atoms with van der Waals surface area (Å²) in [6.07, 6.45) is -0.724. The second-order valence-corrected chi connectivity index (χ2v) is 5.43. The Labute approximate surface area is 139 Å². The van der Waals surface area contributed by atoms with E-state index >= 15 is 0 Å². The van der Waals surface area contributed by atoms with E-state index in [4.69, 9.17) is 17.0 Å². The van der Waals surface area contributed by atoms with Gasteiger partial charge in [-0.1, -0.05) is 36.4 Å². The maximum atomic E-state index is 10.4. The minimum Gasteiger partial charge on any atom is -0.461 e. The summed E-state index contributed by atoms with van der Waals surface area (Å²) in [7, 11) is 0. The zero-order valence-electron chi connectivity index (χ0n) is 12.1. The van der Waals surface area contributed by atoms with Gasteiger partial charge in [-0.3, -0.25) is 0 Å². The molecule has 0 radical (unpaired) electrons. The molecule has 1 heterocycles. The van der Waals surface area contributed by atoms with Crippen LogP contribution in [0.3, 0.4) is 0 Å². The third-order valence-corrected chi connectivity index (χ3v) is 3.67. The molecule has 23 heavy (non-hydrogen) atoms. The van der Waals surface area contributed by atoms with E-state index in [1.807, 2.05) is 30.3 Å². The molecule has 2 aromatic rings. The van der Waals surface area contributed by atoms with Crippen LogP contribution in [0.15, 0.2) is 66.4 Å². The average molecular weight is 328 g/mol. The van der Waals surface area contributed by atoms with E-state index in [0.717, 1.165) is 5.69 Å². The minimum atomic E-state index is -1.23. The lowest BCUT2D eigenvalue weighted by atomic mass is 9.98. The monoisotopic (exact) mass is 328 g/mol. The SMILES string of the molecule is OC1Oc2ccccc2C(O)/C1=C\NC(=S)Nc1ccccc1. The summed E-state index contributed by atoms with van der Waals surface area (Å²) in [6.45, 7) is 0. The zero-order chi connectivity index (χ0) is 16.2. The summed E-state index contributed by atoms with van der Waals surface area (Å²) in [5.74, 6) is 0.467. The molecule has 3 rings (SSSR count). The van der Waals surface area contributed by atoms with E-state index in [1.54, 1.807) is 24.3 Å². The molecule has 4 N–H and O–H groups in total. The van der Waals surface area contributed by atoms with Crippen molar-refractivity contribution in [2.75, 3.05) is 5.32 Å². The molecule has 0 saturated heterocycles. The second-order valence-electron chi connectivity index (χ2n) is 5.02. The van der Waals surface area contributed by atoms with Crippen molar-refractivity contribution in [3.63, 3.8) is 0 Å². The van der Waals surface area contributed by atoms with Gasteiger partial charge >= 0.3 is 0 Å². The normalized spacial score (nSPS) is 21.2. The van der Waals surface area contributed by atoms with Crippen molar-refractivity contribution in [2.45, 2.75) is 12.4 Å². The van der Waals surface area contributed by atoms with Gasteiger partial charge in [0.1, 0.15) is 11.9 Å². The van der Waals surface area contributed by atoms with Crippen LogP contribution in [0.25, 0.3) is 0 Å². The number of fused-ring (bicyclic) bond motifs is 1. The molecule has 118 valence electrons. The quantitative estimate of drug-likeness (QED) is 0.634. The summed E-state index contributed by atoms with van der Waals surface area (Å²) in [5.41, 5.74) is 1.74. The fourth-order valence-electron chi connectivity index (χ4n) is 2.30. The Kier molecular flexibility index (Phi) is 4.57. The van der Waals surface area contributed by atoms with E-state index in [9.17, 15) is 10.2 Å². The Balaban J connectivity index is 1.71. The van der Waals surface area contributed by atoms with Gasteiger partial charge in [-0.25, -0.2) is 0 Å². The Morgan fingerprint density at radius 2 is 1.74 bits per heavy atom. The van der Waals surface area contributed by atoms with Crippen molar-refractivity contribution in [1.29, 1.82) is 0 Å². The molecule has 6 heteroatoms. The molecule has 5 nitrogen and oxygen atoms in total. The van der Waals surface area contributed by atoms with E-state index in [2.05, 4.69) is 10.6 Å². The summed E-state index contributed by atoms with van der Waals surface area (Å²) in [6, 6.07) is 16.5. The van der Waals surface area contributed by atoms with E-state index in [0.29, 0.717) is 22.0 Å². The van der Waals surface area contributed by atoms with Crippen LogP contribution < -0.4 is 15.4 Å². The van der Waals surface area contributed by atoms with Crippen molar-refractivity contribution < 1.29 is 14.9 Å². The standard InChI is InChI=1S/C17H16N2O3S/c20-15-12-8-4-5-9-14(12)22-16(21)13(15)10-18-17(23)19-11-6-2-1-3-7-11/h1-10,15-16,20-21H,(H2,18,19,23)/b13-10+. The predicted molar refractivity (Wildman–Crippen MR) is 91.9 cm³/mol. The number of thiocarbonyl (C=S) groups is 1. The molecule has 0 aliphatic carbocycles. The number of hydrogen-bond acceptors (Lipinski definition) is 4. The third-order valence-electron chi connectivity index (χ3n) is 3.45. The van der Waals surface area contributed by atoms with E-state index < -0.39 is 12.4 Å². The van der Waals surface area contributed by atoms with Crippen LogP contribution in [-0.2, 0) is 0 Å². The Hall–Kier alpha value is -2.41. The van der Waals surface area contributed by atoms with Crippen LogP contribution in [-0.4, -0.2) is 21.6 Å². The van der Waals surface area contributed by atoms with E-state index in [1.165, 1.54) is 6.20 Å². The van der Waals surface area contributed by atoms with Crippen LogP contribution >= 0.6 is 12.2 Å². The molecule has 0 spiro atoms. The molecule has 2 unspecified atom stereocenters. The summed E-state index contributed by atoms with van der Waals surface area (Å²) >= 11 is 5.19. The van der Waals surface area contributed by atoms with Crippen LogP contribution in [0.4, 0.5) is 5.69 Å². The fraction of sp³-hybridized carbons (Fsp3) is 0.118. The van der Waals surface area contributed by atoms with Gasteiger partial charge < -0.3 is 25.6 Å². The molecule has 0 fully saturated rings. The number of nitrogens with one attached hydrogen (secondary N) is 2. The largest absolute Gasteiger partial charge is 0.461 e. The van der Waals surface area contributed by atoms with Crippen molar-refractivity contribution in [3.05, 3.63) is 71.9 Å². The lowest BCUT2D eigenvalue weighted by molar-refractivity contribution is -0.0194. The molecule has 1 aliphatic heterocycles. The third kappa shape index (κ3) is 3.50. The molecule has 0 saturated carbocycles. The maximum Gasteiger partial charge on any atom is 0.224 e. The lowest BCUT2D eigenvalue weighted by Gasteiger charge is -2.29. The van der Waals surface area contributed by atoms with Crippen LogP contribution in [0.2, 0.25) is 0 Å². The smallest absolute Gasteiger partial charge is 0.224 e. The van der Waals surface area contributed by atoms with Gasteiger partial charge in [0.2, 0.25) is 6.29 Å². The van der Waals surface area contributed by atoms with Crippen LogP contribution in [0.5, 0.6) is 5.75 Å². The summed E-state index contributed by atoms with van der Waals surface area (Å²) < 4.78 is 5.39. The van der Waals surface area contributed by atoms with Gasteiger partial charge in [0.25, 0.3) is 0 Å². The van der Waals surface area contributed by atoms with Gasteiger partial charge in [0.05, 0.1) is 0 Å². The first-order chi connectivity index (χ1) is 11.1. The van der Waals surface area contributed by atoms with Gasteiger partial charge in [-0.05, 0) is 30.4 Å². The molecule has 0 aromatic heterocycles. The Morgan fingerprint density at radius 3 is 2.52 bits per heavy atom. The van der Waals surface area contributed by atoms with Crippen LogP contribution in [0, 0.1) is 0 Å². The number of hydrogen-bond donors (Lipinski definition) is 4. The van der Waals surface area contributed by atoms with Gasteiger partial charge in [0.15, 0.2) is 5.11 Å². The number of para-hydroxylation sites is 2. The van der Waals surface area contributed by atoms with Crippen molar-refractivity contribution >= 4 is 23.0 Å². The molecular formula is C17H16N2O3S.